The molecule has 0 heterocycles. The van der Waals surface area contributed by atoms with Crippen molar-refractivity contribution < 1.29 is 9.90 Å². The first-order valence-corrected chi connectivity index (χ1v) is 6.71. The van der Waals surface area contributed by atoms with E-state index < -0.39 is 0 Å². The lowest BCUT2D eigenvalue weighted by Gasteiger charge is -2.10. The molecule has 1 amide bonds. The monoisotopic (exact) mass is 339 g/mol. The number of phenols is 1. The lowest BCUT2D eigenvalue weighted by molar-refractivity contribution is 0.102. The Morgan fingerprint density at radius 2 is 2.05 bits per heavy atom. The van der Waals surface area contributed by atoms with Crippen molar-refractivity contribution in [2.75, 3.05) is 5.32 Å². The Bertz CT molecular complexity index is 643. The number of benzene rings is 2. The van der Waals surface area contributed by atoms with Crippen LogP contribution >= 0.6 is 27.5 Å². The zero-order valence-electron chi connectivity index (χ0n) is 10.1. The fourth-order valence-electron chi connectivity index (χ4n) is 1.62. The van der Waals surface area contributed by atoms with Gasteiger partial charge in [0.25, 0.3) is 5.91 Å². The third kappa shape index (κ3) is 3.08. The SMILES string of the molecule is Cc1c(Cl)cccc1NC(=O)c1cc(Br)ccc1O. The molecule has 19 heavy (non-hydrogen) atoms. The van der Waals surface area contributed by atoms with Gasteiger partial charge in [-0.2, -0.15) is 0 Å². The summed E-state index contributed by atoms with van der Waals surface area (Å²) in [6.45, 7) is 1.82. The first kappa shape index (κ1) is 13.9. The van der Waals surface area contributed by atoms with Gasteiger partial charge in [0.1, 0.15) is 5.75 Å². The lowest BCUT2D eigenvalue weighted by atomic mass is 10.1. The number of nitrogens with one attached hydrogen (secondary N) is 1. The van der Waals surface area contributed by atoms with Gasteiger partial charge in [-0.25, -0.2) is 0 Å². The standard InChI is InChI=1S/C14H11BrClNO2/c1-8-11(16)3-2-4-12(8)17-14(19)10-7-9(15)5-6-13(10)18/h2-7,18H,1H3,(H,17,19). The van der Waals surface area contributed by atoms with Gasteiger partial charge in [-0.05, 0) is 42.8 Å². The van der Waals surface area contributed by atoms with Crippen LogP contribution in [-0.4, -0.2) is 11.0 Å². The highest BCUT2D eigenvalue weighted by molar-refractivity contribution is 9.10. The molecule has 2 aromatic rings. The molecular weight excluding hydrogens is 330 g/mol. The topological polar surface area (TPSA) is 49.3 Å². The van der Waals surface area contributed by atoms with Crippen LogP contribution in [0.25, 0.3) is 0 Å². The maximum absolute atomic E-state index is 12.1. The number of aromatic hydroxyl groups is 1. The number of amides is 1. The average Bonchev–Trinajstić information content (AvgIpc) is 2.38. The second-order valence-corrected chi connectivity index (χ2v) is 5.35. The maximum atomic E-state index is 12.1. The van der Waals surface area contributed by atoms with Crippen molar-refractivity contribution in [2.24, 2.45) is 0 Å². The summed E-state index contributed by atoms with van der Waals surface area (Å²) in [6.07, 6.45) is 0. The molecule has 2 rings (SSSR count). The molecule has 98 valence electrons. The fourth-order valence-corrected chi connectivity index (χ4v) is 2.16. The van der Waals surface area contributed by atoms with Crippen molar-refractivity contribution >= 4 is 39.1 Å². The fraction of sp³-hybridized carbons (Fsp3) is 0.0714. The third-order valence-electron chi connectivity index (χ3n) is 2.72. The minimum absolute atomic E-state index is 0.0691. The van der Waals surface area contributed by atoms with Gasteiger partial charge in [0.2, 0.25) is 0 Å². The predicted octanol–water partition coefficient (Wildman–Crippen LogP) is 4.37. The molecule has 0 spiro atoms. The Hall–Kier alpha value is -1.52. The smallest absolute Gasteiger partial charge is 0.259 e. The first-order valence-electron chi connectivity index (χ1n) is 5.54. The normalized spacial score (nSPS) is 10.3. The van der Waals surface area contributed by atoms with Crippen LogP contribution in [0.5, 0.6) is 5.75 Å². The van der Waals surface area contributed by atoms with Crippen molar-refractivity contribution in [3.05, 3.63) is 57.0 Å². The molecule has 0 aliphatic heterocycles. The summed E-state index contributed by atoms with van der Waals surface area (Å²) < 4.78 is 0.721. The van der Waals surface area contributed by atoms with Crippen molar-refractivity contribution in [1.29, 1.82) is 0 Å². The summed E-state index contributed by atoms with van der Waals surface area (Å²) in [6, 6.07) is 9.95. The van der Waals surface area contributed by atoms with Gasteiger partial charge in [-0.3, -0.25) is 4.79 Å². The van der Waals surface area contributed by atoms with Gasteiger partial charge >= 0.3 is 0 Å². The molecule has 0 aliphatic rings. The molecule has 0 saturated carbocycles. The zero-order chi connectivity index (χ0) is 14.0. The zero-order valence-corrected chi connectivity index (χ0v) is 12.4. The van der Waals surface area contributed by atoms with E-state index in [1.807, 2.05) is 6.92 Å². The molecule has 5 heteroatoms. The molecule has 2 aromatic carbocycles. The van der Waals surface area contributed by atoms with Gasteiger partial charge in [0, 0.05) is 15.2 Å². The summed E-state index contributed by atoms with van der Waals surface area (Å²) in [5, 5.41) is 13.0. The Labute approximate surface area is 124 Å². The molecule has 0 unspecified atom stereocenters. The summed E-state index contributed by atoms with van der Waals surface area (Å²) >= 11 is 9.26. The third-order valence-corrected chi connectivity index (χ3v) is 3.62. The first-order chi connectivity index (χ1) is 8.99. The van der Waals surface area contributed by atoms with Crippen molar-refractivity contribution in [3.8, 4) is 5.75 Å². The second kappa shape index (κ2) is 5.63. The number of halogens is 2. The van der Waals surface area contributed by atoms with Crippen LogP contribution in [0.2, 0.25) is 5.02 Å². The molecule has 0 radical (unpaired) electrons. The minimum Gasteiger partial charge on any atom is -0.507 e. The highest BCUT2D eigenvalue weighted by atomic mass is 79.9. The number of anilines is 1. The Morgan fingerprint density at radius 1 is 1.32 bits per heavy atom. The summed E-state index contributed by atoms with van der Waals surface area (Å²) in [7, 11) is 0. The quantitative estimate of drug-likeness (QED) is 0.853. The minimum atomic E-state index is -0.385. The van der Waals surface area contributed by atoms with E-state index in [2.05, 4.69) is 21.2 Å². The number of carbonyl (C=O) groups excluding carboxylic acids is 1. The van der Waals surface area contributed by atoms with Gasteiger partial charge in [0.15, 0.2) is 0 Å². The van der Waals surface area contributed by atoms with E-state index in [4.69, 9.17) is 11.6 Å². The molecule has 3 nitrogen and oxygen atoms in total. The van der Waals surface area contributed by atoms with Crippen LogP contribution in [-0.2, 0) is 0 Å². The van der Waals surface area contributed by atoms with Crippen LogP contribution in [0.4, 0.5) is 5.69 Å². The van der Waals surface area contributed by atoms with E-state index in [0.717, 1.165) is 10.0 Å². The molecule has 0 aliphatic carbocycles. The molecule has 0 saturated heterocycles. The maximum Gasteiger partial charge on any atom is 0.259 e. The van der Waals surface area contributed by atoms with Crippen LogP contribution in [0.3, 0.4) is 0 Å². The highest BCUT2D eigenvalue weighted by Crippen LogP contribution is 2.26. The van der Waals surface area contributed by atoms with Crippen molar-refractivity contribution in [3.63, 3.8) is 0 Å². The number of hydrogen-bond donors (Lipinski definition) is 2. The number of hydrogen-bond acceptors (Lipinski definition) is 2. The highest BCUT2D eigenvalue weighted by Gasteiger charge is 2.13. The van der Waals surface area contributed by atoms with Crippen LogP contribution < -0.4 is 5.32 Å². The van der Waals surface area contributed by atoms with Gasteiger partial charge in [0.05, 0.1) is 5.56 Å². The summed E-state index contributed by atoms with van der Waals surface area (Å²) in [5.41, 5.74) is 1.61. The molecule has 2 N–H and O–H groups in total. The number of carbonyl (C=O) groups is 1. The van der Waals surface area contributed by atoms with Crippen LogP contribution in [0.1, 0.15) is 15.9 Å². The Balaban J connectivity index is 2.31. The Morgan fingerprint density at radius 3 is 2.79 bits per heavy atom. The molecule has 0 fully saturated rings. The van der Waals surface area contributed by atoms with E-state index in [9.17, 15) is 9.90 Å². The summed E-state index contributed by atoms with van der Waals surface area (Å²) in [4.78, 5) is 12.1. The van der Waals surface area contributed by atoms with Gasteiger partial charge in [-0.1, -0.05) is 33.6 Å². The van der Waals surface area contributed by atoms with Crippen LogP contribution in [0, 0.1) is 6.92 Å². The number of rotatable bonds is 2. The molecular formula is C14H11BrClNO2. The van der Waals surface area contributed by atoms with E-state index in [1.54, 1.807) is 30.3 Å². The summed E-state index contributed by atoms with van der Waals surface area (Å²) in [5.74, 6) is -0.454. The van der Waals surface area contributed by atoms with Gasteiger partial charge < -0.3 is 10.4 Å². The van der Waals surface area contributed by atoms with E-state index in [0.29, 0.717) is 10.7 Å². The number of phenolic OH excluding ortho intramolecular Hbond substituents is 1. The van der Waals surface area contributed by atoms with Crippen LogP contribution in [0.15, 0.2) is 40.9 Å². The van der Waals surface area contributed by atoms with Crippen molar-refractivity contribution in [1.82, 2.24) is 0 Å². The van der Waals surface area contributed by atoms with E-state index in [-0.39, 0.29) is 17.2 Å². The second-order valence-electron chi connectivity index (χ2n) is 4.03. The predicted molar refractivity (Wildman–Crippen MR) is 79.9 cm³/mol. The molecule has 0 aromatic heterocycles. The molecule has 0 bridgehead atoms. The van der Waals surface area contributed by atoms with E-state index in [1.165, 1.54) is 6.07 Å². The van der Waals surface area contributed by atoms with E-state index >= 15 is 0 Å². The molecule has 0 atom stereocenters. The Kier molecular flexibility index (Phi) is 4.12. The lowest BCUT2D eigenvalue weighted by Crippen LogP contribution is -2.13. The van der Waals surface area contributed by atoms with Gasteiger partial charge in [-0.15, -0.1) is 0 Å². The van der Waals surface area contributed by atoms with Crippen molar-refractivity contribution in [2.45, 2.75) is 6.92 Å². The average molecular weight is 341 g/mol. The largest absolute Gasteiger partial charge is 0.507 e.